The van der Waals surface area contributed by atoms with E-state index in [0.29, 0.717) is 0 Å². The van der Waals surface area contributed by atoms with Crippen LogP contribution in [0.4, 0.5) is 4.39 Å². The SMILES string of the molecule is COc1cccc(F)c1C(=O)N[C@@H](C)c1ccc(C)nc1. The first-order valence-corrected chi connectivity index (χ1v) is 6.59. The van der Waals surface area contributed by atoms with Crippen molar-refractivity contribution in [2.24, 2.45) is 0 Å². The average molecular weight is 288 g/mol. The zero-order valence-corrected chi connectivity index (χ0v) is 12.2. The first-order valence-electron chi connectivity index (χ1n) is 6.59. The zero-order chi connectivity index (χ0) is 15.4. The standard InChI is InChI=1S/C16H17FN2O2/c1-10-7-8-12(9-18-10)11(2)19-16(20)15-13(17)5-4-6-14(15)21-3/h4-9,11H,1-3H3,(H,19,20)/t11-/m0/s1. The molecule has 0 saturated heterocycles. The number of pyridine rings is 1. The number of carbonyl (C=O) groups is 1. The molecular formula is C16H17FN2O2. The van der Waals surface area contributed by atoms with Crippen LogP contribution in [-0.2, 0) is 0 Å². The lowest BCUT2D eigenvalue weighted by atomic mass is 10.1. The van der Waals surface area contributed by atoms with Gasteiger partial charge < -0.3 is 10.1 Å². The molecule has 5 heteroatoms. The fourth-order valence-electron chi connectivity index (χ4n) is 1.98. The summed E-state index contributed by atoms with van der Waals surface area (Å²) in [4.78, 5) is 16.4. The molecule has 1 heterocycles. The highest BCUT2D eigenvalue weighted by molar-refractivity contribution is 5.97. The Morgan fingerprint density at radius 1 is 1.33 bits per heavy atom. The van der Waals surface area contributed by atoms with Crippen molar-refractivity contribution in [1.82, 2.24) is 10.3 Å². The maximum Gasteiger partial charge on any atom is 0.258 e. The van der Waals surface area contributed by atoms with E-state index >= 15 is 0 Å². The van der Waals surface area contributed by atoms with Crippen molar-refractivity contribution in [3.05, 3.63) is 59.2 Å². The van der Waals surface area contributed by atoms with Gasteiger partial charge in [-0.15, -0.1) is 0 Å². The molecule has 2 aromatic rings. The van der Waals surface area contributed by atoms with Crippen LogP contribution in [0.1, 0.15) is 34.6 Å². The number of rotatable bonds is 4. The van der Waals surface area contributed by atoms with E-state index in [0.717, 1.165) is 11.3 Å². The highest BCUT2D eigenvalue weighted by atomic mass is 19.1. The van der Waals surface area contributed by atoms with Crippen LogP contribution in [0.15, 0.2) is 36.5 Å². The number of hydrogen-bond donors (Lipinski definition) is 1. The molecular weight excluding hydrogens is 271 g/mol. The van der Waals surface area contributed by atoms with Gasteiger partial charge in [-0.05, 0) is 37.6 Å². The number of nitrogens with zero attached hydrogens (tertiary/aromatic N) is 1. The molecule has 0 bridgehead atoms. The lowest BCUT2D eigenvalue weighted by Crippen LogP contribution is -2.28. The van der Waals surface area contributed by atoms with Crippen LogP contribution >= 0.6 is 0 Å². The van der Waals surface area contributed by atoms with Crippen molar-refractivity contribution >= 4 is 5.91 Å². The van der Waals surface area contributed by atoms with Crippen molar-refractivity contribution in [3.8, 4) is 5.75 Å². The van der Waals surface area contributed by atoms with E-state index in [1.165, 1.54) is 19.2 Å². The van der Waals surface area contributed by atoms with Crippen molar-refractivity contribution < 1.29 is 13.9 Å². The lowest BCUT2D eigenvalue weighted by molar-refractivity contribution is 0.0932. The average Bonchev–Trinajstić information content (AvgIpc) is 2.47. The normalized spacial score (nSPS) is 11.8. The van der Waals surface area contributed by atoms with Crippen molar-refractivity contribution in [1.29, 1.82) is 0 Å². The first kappa shape index (κ1) is 15.0. The summed E-state index contributed by atoms with van der Waals surface area (Å²) in [6.45, 7) is 3.70. The van der Waals surface area contributed by atoms with Gasteiger partial charge in [0.1, 0.15) is 17.1 Å². The summed E-state index contributed by atoms with van der Waals surface area (Å²) in [6.07, 6.45) is 1.69. The van der Waals surface area contributed by atoms with Crippen LogP contribution in [0.3, 0.4) is 0 Å². The molecule has 0 fully saturated rings. The monoisotopic (exact) mass is 288 g/mol. The maximum absolute atomic E-state index is 13.8. The molecule has 2 rings (SSSR count). The Kier molecular flexibility index (Phi) is 4.52. The molecule has 0 aliphatic rings. The number of hydrogen-bond acceptors (Lipinski definition) is 3. The predicted molar refractivity (Wildman–Crippen MR) is 77.8 cm³/mol. The van der Waals surface area contributed by atoms with Gasteiger partial charge in [-0.1, -0.05) is 12.1 Å². The minimum atomic E-state index is -0.610. The first-order chi connectivity index (χ1) is 10.0. The van der Waals surface area contributed by atoms with Crippen molar-refractivity contribution in [2.75, 3.05) is 7.11 Å². The number of nitrogens with one attached hydrogen (secondary N) is 1. The van der Waals surface area contributed by atoms with Gasteiger partial charge in [-0.25, -0.2) is 4.39 Å². The number of aryl methyl sites for hydroxylation is 1. The van der Waals surface area contributed by atoms with E-state index < -0.39 is 11.7 Å². The van der Waals surface area contributed by atoms with Crippen molar-refractivity contribution in [2.45, 2.75) is 19.9 Å². The van der Waals surface area contributed by atoms with E-state index in [-0.39, 0.29) is 17.4 Å². The minimum absolute atomic E-state index is 0.0908. The van der Waals surface area contributed by atoms with Crippen LogP contribution in [-0.4, -0.2) is 18.0 Å². The molecule has 1 atom stereocenters. The second kappa shape index (κ2) is 6.35. The van der Waals surface area contributed by atoms with Crippen molar-refractivity contribution in [3.63, 3.8) is 0 Å². The summed E-state index contributed by atoms with van der Waals surface area (Å²) >= 11 is 0. The molecule has 110 valence electrons. The largest absolute Gasteiger partial charge is 0.496 e. The van der Waals surface area contributed by atoms with Crippen LogP contribution in [0.25, 0.3) is 0 Å². The Hall–Kier alpha value is -2.43. The van der Waals surface area contributed by atoms with Crippen LogP contribution < -0.4 is 10.1 Å². The molecule has 0 unspecified atom stereocenters. The molecule has 1 aromatic heterocycles. The fourth-order valence-corrected chi connectivity index (χ4v) is 1.98. The maximum atomic E-state index is 13.8. The van der Waals surface area contributed by atoms with Gasteiger partial charge in [-0.3, -0.25) is 9.78 Å². The Bertz CT molecular complexity index is 641. The molecule has 0 spiro atoms. The smallest absolute Gasteiger partial charge is 0.258 e. The van der Waals surface area contributed by atoms with E-state index in [4.69, 9.17) is 4.74 Å². The third kappa shape index (κ3) is 3.37. The Morgan fingerprint density at radius 3 is 2.71 bits per heavy atom. The van der Waals surface area contributed by atoms with Gasteiger partial charge in [0, 0.05) is 11.9 Å². The number of halogens is 1. The zero-order valence-electron chi connectivity index (χ0n) is 12.2. The minimum Gasteiger partial charge on any atom is -0.496 e. The topological polar surface area (TPSA) is 51.2 Å². The van der Waals surface area contributed by atoms with Gasteiger partial charge in [-0.2, -0.15) is 0 Å². The molecule has 0 saturated carbocycles. The molecule has 4 nitrogen and oxygen atoms in total. The molecule has 0 radical (unpaired) electrons. The number of aromatic nitrogens is 1. The number of ether oxygens (including phenoxy) is 1. The number of methoxy groups -OCH3 is 1. The summed E-state index contributed by atoms with van der Waals surface area (Å²) < 4.78 is 18.9. The number of carbonyl (C=O) groups excluding carboxylic acids is 1. The second-order valence-corrected chi connectivity index (χ2v) is 4.75. The molecule has 0 aliphatic carbocycles. The lowest BCUT2D eigenvalue weighted by Gasteiger charge is -2.16. The van der Waals surface area contributed by atoms with Crippen LogP contribution in [0.2, 0.25) is 0 Å². The van der Waals surface area contributed by atoms with Gasteiger partial charge in [0.2, 0.25) is 0 Å². The molecule has 1 N–H and O–H groups in total. The summed E-state index contributed by atoms with van der Waals surface area (Å²) in [7, 11) is 1.40. The number of benzene rings is 1. The Balaban J connectivity index is 2.20. The third-order valence-electron chi connectivity index (χ3n) is 3.20. The van der Waals surface area contributed by atoms with E-state index in [9.17, 15) is 9.18 Å². The van der Waals surface area contributed by atoms with Crippen LogP contribution in [0.5, 0.6) is 5.75 Å². The quantitative estimate of drug-likeness (QED) is 0.940. The van der Waals surface area contributed by atoms with E-state index in [2.05, 4.69) is 10.3 Å². The van der Waals surface area contributed by atoms with Crippen LogP contribution in [0, 0.1) is 12.7 Å². The second-order valence-electron chi connectivity index (χ2n) is 4.75. The van der Waals surface area contributed by atoms with Gasteiger partial charge >= 0.3 is 0 Å². The predicted octanol–water partition coefficient (Wildman–Crippen LogP) is 3.03. The van der Waals surface area contributed by atoms with Gasteiger partial charge in [0.05, 0.1) is 13.2 Å². The summed E-state index contributed by atoms with van der Waals surface area (Å²) in [6, 6.07) is 7.74. The molecule has 0 aliphatic heterocycles. The number of amides is 1. The molecule has 1 amide bonds. The van der Waals surface area contributed by atoms with E-state index in [1.807, 2.05) is 26.0 Å². The fraction of sp³-hybridized carbons (Fsp3) is 0.250. The molecule has 1 aromatic carbocycles. The van der Waals surface area contributed by atoms with Gasteiger partial charge in [0.25, 0.3) is 5.91 Å². The Labute approximate surface area is 123 Å². The highest BCUT2D eigenvalue weighted by Gasteiger charge is 2.19. The summed E-state index contributed by atoms with van der Waals surface area (Å²) in [5.74, 6) is -0.916. The third-order valence-corrected chi connectivity index (χ3v) is 3.20. The summed E-state index contributed by atoms with van der Waals surface area (Å²) in [5, 5.41) is 2.75. The summed E-state index contributed by atoms with van der Waals surface area (Å²) in [5.41, 5.74) is 1.66. The Morgan fingerprint density at radius 2 is 2.10 bits per heavy atom. The van der Waals surface area contributed by atoms with Gasteiger partial charge in [0.15, 0.2) is 0 Å². The van der Waals surface area contributed by atoms with E-state index in [1.54, 1.807) is 12.3 Å². The highest BCUT2D eigenvalue weighted by Crippen LogP contribution is 2.22. The molecule has 21 heavy (non-hydrogen) atoms.